The van der Waals surface area contributed by atoms with Crippen molar-refractivity contribution in [1.82, 2.24) is 15.5 Å². The molecule has 0 amide bonds. The number of aromatic nitrogens is 2. The molecular formula is C13H14F3N3. The average Bonchev–Trinajstić information content (AvgIpc) is 2.84. The van der Waals surface area contributed by atoms with Gasteiger partial charge in [0.15, 0.2) is 0 Å². The van der Waals surface area contributed by atoms with E-state index < -0.39 is 11.7 Å². The van der Waals surface area contributed by atoms with Gasteiger partial charge < -0.3 is 5.32 Å². The van der Waals surface area contributed by atoms with Crippen molar-refractivity contribution in [2.24, 2.45) is 0 Å². The Bertz CT molecular complexity index is 529. The third kappa shape index (κ3) is 3.35. The minimum Gasteiger partial charge on any atom is -0.311 e. The highest BCUT2D eigenvalue weighted by atomic mass is 19.4. The summed E-state index contributed by atoms with van der Waals surface area (Å²) in [5, 5.41) is 10.1. The van der Waals surface area contributed by atoms with Crippen molar-refractivity contribution in [3.05, 3.63) is 41.6 Å². The summed E-state index contributed by atoms with van der Waals surface area (Å²) in [5.41, 5.74) is 1.55. The van der Waals surface area contributed by atoms with Gasteiger partial charge in [-0.1, -0.05) is 19.1 Å². The van der Waals surface area contributed by atoms with Crippen molar-refractivity contribution >= 4 is 0 Å². The Morgan fingerprint density at radius 3 is 2.47 bits per heavy atom. The van der Waals surface area contributed by atoms with E-state index in [1.54, 1.807) is 0 Å². The van der Waals surface area contributed by atoms with Gasteiger partial charge in [-0.05, 0) is 24.7 Å². The van der Waals surface area contributed by atoms with E-state index in [1.165, 1.54) is 12.1 Å². The molecule has 0 aliphatic rings. The Hall–Kier alpha value is -1.82. The predicted octanol–water partition coefficient (Wildman–Crippen LogP) is 3.21. The fraction of sp³-hybridized carbons (Fsp3) is 0.308. The van der Waals surface area contributed by atoms with Gasteiger partial charge in [0, 0.05) is 17.8 Å². The molecule has 0 aliphatic heterocycles. The van der Waals surface area contributed by atoms with Crippen LogP contribution in [-0.2, 0) is 12.7 Å². The first-order valence-electron chi connectivity index (χ1n) is 5.93. The summed E-state index contributed by atoms with van der Waals surface area (Å²) in [6.45, 7) is 3.49. The van der Waals surface area contributed by atoms with Crippen molar-refractivity contribution in [3.63, 3.8) is 0 Å². The second-order valence-corrected chi connectivity index (χ2v) is 4.13. The zero-order chi connectivity index (χ0) is 13.9. The molecule has 1 aromatic heterocycles. The maximum atomic E-state index is 12.4. The number of halogens is 3. The third-order valence-corrected chi connectivity index (χ3v) is 2.70. The maximum absolute atomic E-state index is 12.4. The smallest absolute Gasteiger partial charge is 0.311 e. The first-order chi connectivity index (χ1) is 9.00. The molecule has 19 heavy (non-hydrogen) atoms. The fourth-order valence-corrected chi connectivity index (χ4v) is 1.69. The van der Waals surface area contributed by atoms with E-state index in [1.807, 2.05) is 13.0 Å². The van der Waals surface area contributed by atoms with Crippen LogP contribution in [0.2, 0.25) is 0 Å². The third-order valence-electron chi connectivity index (χ3n) is 2.70. The summed E-state index contributed by atoms with van der Waals surface area (Å²) < 4.78 is 37.3. The molecule has 3 nitrogen and oxygen atoms in total. The lowest BCUT2D eigenvalue weighted by molar-refractivity contribution is -0.137. The number of rotatable bonds is 4. The van der Waals surface area contributed by atoms with Crippen molar-refractivity contribution in [2.45, 2.75) is 19.6 Å². The monoisotopic (exact) mass is 269 g/mol. The van der Waals surface area contributed by atoms with Gasteiger partial charge in [0.1, 0.15) is 0 Å². The number of hydrogen-bond acceptors (Lipinski definition) is 2. The highest BCUT2D eigenvalue weighted by molar-refractivity contribution is 5.59. The first kappa shape index (κ1) is 13.6. The summed E-state index contributed by atoms with van der Waals surface area (Å²) in [6, 6.07) is 6.80. The number of nitrogens with zero attached hydrogens (tertiary/aromatic N) is 1. The Morgan fingerprint density at radius 2 is 1.89 bits per heavy atom. The van der Waals surface area contributed by atoms with E-state index in [4.69, 9.17) is 0 Å². The van der Waals surface area contributed by atoms with Crippen LogP contribution in [0, 0.1) is 0 Å². The largest absolute Gasteiger partial charge is 0.416 e. The molecule has 102 valence electrons. The van der Waals surface area contributed by atoms with Gasteiger partial charge in [-0.3, -0.25) is 5.10 Å². The maximum Gasteiger partial charge on any atom is 0.416 e. The molecule has 0 aliphatic carbocycles. The molecule has 0 radical (unpaired) electrons. The number of hydrogen-bond donors (Lipinski definition) is 2. The molecule has 6 heteroatoms. The van der Waals surface area contributed by atoms with Gasteiger partial charge in [-0.2, -0.15) is 18.3 Å². The Balaban J connectivity index is 2.16. The minimum absolute atomic E-state index is 0.640. The topological polar surface area (TPSA) is 40.7 Å². The van der Waals surface area contributed by atoms with Gasteiger partial charge in [-0.25, -0.2) is 0 Å². The van der Waals surface area contributed by atoms with E-state index in [0.717, 1.165) is 24.4 Å². The second kappa shape index (κ2) is 5.44. The normalized spacial score (nSPS) is 11.8. The summed E-state index contributed by atoms with van der Waals surface area (Å²) >= 11 is 0. The molecule has 1 aromatic carbocycles. The van der Waals surface area contributed by atoms with Crippen LogP contribution >= 0.6 is 0 Å². The van der Waals surface area contributed by atoms with Gasteiger partial charge in [-0.15, -0.1) is 0 Å². The van der Waals surface area contributed by atoms with Gasteiger partial charge >= 0.3 is 6.18 Å². The molecule has 0 atom stereocenters. The van der Waals surface area contributed by atoms with Crippen LogP contribution < -0.4 is 5.32 Å². The van der Waals surface area contributed by atoms with Crippen LogP contribution in [-0.4, -0.2) is 16.7 Å². The molecule has 0 bridgehead atoms. The Kier molecular flexibility index (Phi) is 3.90. The van der Waals surface area contributed by atoms with Gasteiger partial charge in [0.05, 0.1) is 11.3 Å². The van der Waals surface area contributed by atoms with E-state index >= 15 is 0 Å². The minimum atomic E-state index is -4.31. The average molecular weight is 269 g/mol. The van der Waals surface area contributed by atoms with Gasteiger partial charge in [0.25, 0.3) is 0 Å². The molecular weight excluding hydrogens is 255 g/mol. The number of alkyl halides is 3. The van der Waals surface area contributed by atoms with Crippen LogP contribution in [0.3, 0.4) is 0 Å². The van der Waals surface area contributed by atoms with Crippen LogP contribution in [0.4, 0.5) is 13.2 Å². The van der Waals surface area contributed by atoms with Crippen LogP contribution in [0.15, 0.2) is 30.3 Å². The Labute approximate surface area is 108 Å². The number of H-pyrrole nitrogens is 1. The van der Waals surface area contributed by atoms with Crippen molar-refractivity contribution in [3.8, 4) is 11.3 Å². The van der Waals surface area contributed by atoms with Crippen LogP contribution in [0.1, 0.15) is 18.2 Å². The Morgan fingerprint density at radius 1 is 1.21 bits per heavy atom. The van der Waals surface area contributed by atoms with Crippen LogP contribution in [0.5, 0.6) is 0 Å². The van der Waals surface area contributed by atoms with E-state index in [-0.39, 0.29) is 0 Å². The molecule has 2 rings (SSSR count). The van der Waals surface area contributed by atoms with Crippen molar-refractivity contribution in [2.75, 3.05) is 6.54 Å². The molecule has 2 N–H and O–H groups in total. The van der Waals surface area contributed by atoms with Crippen molar-refractivity contribution in [1.29, 1.82) is 0 Å². The summed E-state index contributed by atoms with van der Waals surface area (Å²) in [4.78, 5) is 0. The number of aromatic amines is 1. The van der Waals surface area contributed by atoms with E-state index in [9.17, 15) is 13.2 Å². The number of benzene rings is 1. The zero-order valence-electron chi connectivity index (χ0n) is 10.4. The molecule has 0 saturated carbocycles. The van der Waals surface area contributed by atoms with E-state index in [2.05, 4.69) is 15.5 Å². The lowest BCUT2D eigenvalue weighted by Crippen LogP contribution is -2.11. The summed E-state index contributed by atoms with van der Waals surface area (Å²) in [5.74, 6) is 0. The second-order valence-electron chi connectivity index (χ2n) is 4.13. The summed E-state index contributed by atoms with van der Waals surface area (Å²) in [6.07, 6.45) is -4.31. The molecule has 0 spiro atoms. The molecule has 2 aromatic rings. The van der Waals surface area contributed by atoms with Crippen LogP contribution in [0.25, 0.3) is 11.3 Å². The lowest BCUT2D eigenvalue weighted by atomic mass is 10.1. The molecule has 1 heterocycles. The fourth-order valence-electron chi connectivity index (χ4n) is 1.69. The lowest BCUT2D eigenvalue weighted by Gasteiger charge is -2.06. The predicted molar refractivity (Wildman–Crippen MR) is 66.4 cm³/mol. The van der Waals surface area contributed by atoms with E-state index in [0.29, 0.717) is 17.8 Å². The highest BCUT2D eigenvalue weighted by Gasteiger charge is 2.30. The number of nitrogens with one attached hydrogen (secondary N) is 2. The molecule has 0 unspecified atom stereocenters. The standard InChI is InChI=1S/C13H14F3N3/c1-2-17-8-11-7-12(19-18-11)9-3-5-10(6-4-9)13(14,15)16/h3-7,17H,2,8H2,1H3,(H,18,19). The molecule has 0 fully saturated rings. The van der Waals surface area contributed by atoms with Gasteiger partial charge in [0.2, 0.25) is 0 Å². The molecule has 0 saturated heterocycles. The SMILES string of the molecule is CCNCc1cc(-c2ccc(C(F)(F)F)cc2)n[nH]1. The zero-order valence-corrected chi connectivity index (χ0v) is 10.4. The van der Waals surface area contributed by atoms with Crippen molar-refractivity contribution < 1.29 is 13.2 Å². The quantitative estimate of drug-likeness (QED) is 0.894. The first-order valence-corrected chi connectivity index (χ1v) is 5.93. The highest BCUT2D eigenvalue weighted by Crippen LogP contribution is 2.30. The summed E-state index contributed by atoms with van der Waals surface area (Å²) in [7, 11) is 0.